The molecule has 16 heavy (non-hydrogen) atoms. The van der Waals surface area contributed by atoms with Crippen LogP contribution in [-0.2, 0) is 6.54 Å². The molecule has 0 saturated heterocycles. The molecule has 0 aliphatic rings. The molecule has 2 aromatic rings. The van der Waals surface area contributed by atoms with Crippen LogP contribution in [0.3, 0.4) is 0 Å². The fourth-order valence-corrected chi connectivity index (χ4v) is 1.79. The van der Waals surface area contributed by atoms with E-state index in [0.717, 1.165) is 5.56 Å². The predicted molar refractivity (Wildman–Crippen MR) is 59.3 cm³/mol. The molecule has 0 fully saturated rings. The summed E-state index contributed by atoms with van der Waals surface area (Å²) >= 11 is 0. The van der Waals surface area contributed by atoms with Crippen molar-refractivity contribution in [2.24, 2.45) is 0 Å². The van der Waals surface area contributed by atoms with Crippen LogP contribution in [0.4, 0.5) is 5.82 Å². The maximum atomic E-state index is 10.9. The van der Waals surface area contributed by atoms with E-state index in [2.05, 4.69) is 10.3 Å². The molecule has 2 aromatic heterocycles. The normalized spacial score (nSPS) is 10.9. The summed E-state index contributed by atoms with van der Waals surface area (Å²) in [6.07, 6.45) is 1.78. The highest BCUT2D eigenvalue weighted by Gasteiger charge is 2.21. The van der Waals surface area contributed by atoms with Gasteiger partial charge in [-0.3, -0.25) is 4.40 Å². The lowest BCUT2D eigenvalue weighted by Gasteiger charge is -2.02. The molecule has 6 nitrogen and oxygen atoms in total. The van der Waals surface area contributed by atoms with Gasteiger partial charge in [0.25, 0.3) is 0 Å². The number of pyridine rings is 1. The number of aryl methyl sites for hydroxylation is 1. The van der Waals surface area contributed by atoms with Gasteiger partial charge >= 0.3 is 5.82 Å². The van der Waals surface area contributed by atoms with Crippen molar-refractivity contribution < 1.29 is 4.92 Å². The van der Waals surface area contributed by atoms with E-state index in [-0.39, 0.29) is 5.82 Å². The number of fused-ring (bicyclic) bond motifs is 1. The van der Waals surface area contributed by atoms with Gasteiger partial charge in [0.2, 0.25) is 5.82 Å². The second kappa shape index (κ2) is 3.90. The minimum atomic E-state index is -0.443. The molecule has 0 radical (unpaired) electrons. The van der Waals surface area contributed by atoms with Crippen LogP contribution in [0, 0.1) is 17.0 Å². The summed E-state index contributed by atoms with van der Waals surface area (Å²) in [5.74, 6) is 0.544. The summed E-state index contributed by atoms with van der Waals surface area (Å²) in [6.45, 7) is 2.33. The quantitative estimate of drug-likeness (QED) is 0.624. The monoisotopic (exact) mass is 220 g/mol. The largest absolute Gasteiger partial charge is 0.390 e. The summed E-state index contributed by atoms with van der Waals surface area (Å²) in [5, 5.41) is 13.9. The molecular formula is C10H12N4O2. The summed E-state index contributed by atoms with van der Waals surface area (Å²) in [4.78, 5) is 14.4. The van der Waals surface area contributed by atoms with Gasteiger partial charge in [-0.15, -0.1) is 0 Å². The van der Waals surface area contributed by atoms with E-state index < -0.39 is 4.92 Å². The standard InChI is InChI=1S/C10H12N4O2/c1-7-12-10(14(15)16)9-8(6-11-2)4-3-5-13(7)9/h3-5,11H,6H2,1-2H3. The number of rotatable bonds is 3. The lowest BCUT2D eigenvalue weighted by Crippen LogP contribution is -2.07. The Balaban J connectivity index is 2.77. The smallest absolute Gasteiger partial charge is 0.358 e. The summed E-state index contributed by atoms with van der Waals surface area (Å²) in [7, 11) is 1.80. The highest BCUT2D eigenvalue weighted by atomic mass is 16.6. The van der Waals surface area contributed by atoms with Crippen molar-refractivity contribution in [2.45, 2.75) is 13.5 Å². The average Bonchev–Trinajstić information content (AvgIpc) is 2.58. The third-order valence-corrected chi connectivity index (χ3v) is 2.45. The number of hydrogen-bond acceptors (Lipinski definition) is 4. The third-order valence-electron chi connectivity index (χ3n) is 2.45. The minimum Gasteiger partial charge on any atom is -0.358 e. The Labute approximate surface area is 92.1 Å². The lowest BCUT2D eigenvalue weighted by atomic mass is 10.2. The number of hydrogen-bond donors (Lipinski definition) is 1. The molecule has 0 aromatic carbocycles. The van der Waals surface area contributed by atoms with Gasteiger partial charge in [0.05, 0.1) is 0 Å². The Kier molecular flexibility index (Phi) is 2.57. The molecule has 84 valence electrons. The molecule has 0 unspecified atom stereocenters. The van der Waals surface area contributed by atoms with Crippen molar-refractivity contribution in [2.75, 3.05) is 7.05 Å². The highest BCUT2D eigenvalue weighted by molar-refractivity contribution is 5.67. The Morgan fingerprint density at radius 2 is 2.38 bits per heavy atom. The van der Waals surface area contributed by atoms with Crippen LogP contribution in [-0.4, -0.2) is 21.4 Å². The first-order valence-corrected chi connectivity index (χ1v) is 4.90. The van der Waals surface area contributed by atoms with Crippen LogP contribution in [0.5, 0.6) is 0 Å². The van der Waals surface area contributed by atoms with Gasteiger partial charge in [0.15, 0.2) is 5.52 Å². The maximum absolute atomic E-state index is 10.9. The summed E-state index contributed by atoms with van der Waals surface area (Å²) < 4.78 is 1.74. The SMILES string of the molecule is CNCc1cccn2c(C)nc([N+](=O)[O-])c12. The van der Waals surface area contributed by atoms with E-state index in [9.17, 15) is 10.1 Å². The topological polar surface area (TPSA) is 72.5 Å². The van der Waals surface area contributed by atoms with Crippen LogP contribution in [0.1, 0.15) is 11.4 Å². The van der Waals surface area contributed by atoms with Gasteiger partial charge < -0.3 is 15.4 Å². The van der Waals surface area contributed by atoms with Crippen LogP contribution < -0.4 is 5.32 Å². The van der Waals surface area contributed by atoms with Gasteiger partial charge in [-0.1, -0.05) is 6.07 Å². The number of aromatic nitrogens is 2. The number of imidazole rings is 1. The molecule has 0 bridgehead atoms. The van der Waals surface area contributed by atoms with Gasteiger partial charge in [-0.05, 0) is 28.6 Å². The van der Waals surface area contributed by atoms with Gasteiger partial charge in [-0.2, -0.15) is 0 Å². The molecule has 2 heterocycles. The molecular weight excluding hydrogens is 208 g/mol. The molecule has 2 rings (SSSR count). The van der Waals surface area contributed by atoms with Crippen molar-refractivity contribution in [3.63, 3.8) is 0 Å². The molecule has 0 atom stereocenters. The molecule has 0 spiro atoms. The Bertz CT molecular complexity index is 547. The van der Waals surface area contributed by atoms with Crippen LogP contribution in [0.2, 0.25) is 0 Å². The number of nitrogens with one attached hydrogen (secondary N) is 1. The predicted octanol–water partition coefficient (Wildman–Crippen LogP) is 1.27. The zero-order valence-corrected chi connectivity index (χ0v) is 9.10. The van der Waals surface area contributed by atoms with Gasteiger partial charge in [0, 0.05) is 19.7 Å². The van der Waals surface area contributed by atoms with E-state index in [0.29, 0.717) is 17.9 Å². The van der Waals surface area contributed by atoms with Crippen LogP contribution in [0.15, 0.2) is 18.3 Å². The van der Waals surface area contributed by atoms with Crippen LogP contribution in [0.25, 0.3) is 5.52 Å². The molecule has 0 aliphatic heterocycles. The molecule has 6 heteroatoms. The molecule has 1 N–H and O–H groups in total. The highest BCUT2D eigenvalue weighted by Crippen LogP contribution is 2.23. The first-order valence-electron chi connectivity index (χ1n) is 4.90. The average molecular weight is 220 g/mol. The lowest BCUT2D eigenvalue weighted by molar-refractivity contribution is -0.387. The fourth-order valence-electron chi connectivity index (χ4n) is 1.79. The molecule has 0 saturated carbocycles. The third kappa shape index (κ3) is 1.53. The van der Waals surface area contributed by atoms with Crippen molar-refractivity contribution >= 4 is 11.3 Å². The number of nitro groups is 1. The van der Waals surface area contributed by atoms with E-state index in [1.807, 2.05) is 12.1 Å². The second-order valence-electron chi connectivity index (χ2n) is 3.52. The summed E-state index contributed by atoms with van der Waals surface area (Å²) in [5.41, 5.74) is 1.44. The number of nitrogens with zero attached hydrogens (tertiary/aromatic N) is 3. The van der Waals surface area contributed by atoms with Gasteiger partial charge in [-0.25, -0.2) is 0 Å². The van der Waals surface area contributed by atoms with E-state index in [1.165, 1.54) is 0 Å². The van der Waals surface area contributed by atoms with Crippen molar-refractivity contribution in [1.82, 2.24) is 14.7 Å². The Hall–Kier alpha value is -1.95. The van der Waals surface area contributed by atoms with E-state index in [4.69, 9.17) is 0 Å². The van der Waals surface area contributed by atoms with Crippen molar-refractivity contribution in [3.8, 4) is 0 Å². The Morgan fingerprint density at radius 3 is 3.00 bits per heavy atom. The van der Waals surface area contributed by atoms with E-state index >= 15 is 0 Å². The fraction of sp³-hybridized carbons (Fsp3) is 0.300. The van der Waals surface area contributed by atoms with Crippen LogP contribution >= 0.6 is 0 Å². The maximum Gasteiger partial charge on any atom is 0.390 e. The van der Waals surface area contributed by atoms with Crippen molar-refractivity contribution in [1.29, 1.82) is 0 Å². The Morgan fingerprint density at radius 1 is 1.62 bits per heavy atom. The van der Waals surface area contributed by atoms with Gasteiger partial charge in [0.1, 0.15) is 0 Å². The van der Waals surface area contributed by atoms with E-state index in [1.54, 1.807) is 24.6 Å². The molecule has 0 aliphatic carbocycles. The minimum absolute atomic E-state index is 0.0802. The first kappa shape index (κ1) is 10.6. The summed E-state index contributed by atoms with van der Waals surface area (Å²) in [6, 6.07) is 3.72. The second-order valence-corrected chi connectivity index (χ2v) is 3.52. The van der Waals surface area contributed by atoms with Crippen molar-refractivity contribution in [3.05, 3.63) is 39.8 Å². The molecule has 0 amide bonds. The zero-order valence-electron chi connectivity index (χ0n) is 9.10. The zero-order chi connectivity index (χ0) is 11.7. The first-order chi connectivity index (χ1) is 7.65.